The molecule has 1 aliphatic rings. The summed E-state index contributed by atoms with van der Waals surface area (Å²) in [5.74, 6) is 0.290. The summed E-state index contributed by atoms with van der Waals surface area (Å²) in [4.78, 5) is 0. The van der Waals surface area contributed by atoms with Crippen molar-refractivity contribution in [3.63, 3.8) is 0 Å². The number of rotatable bonds is 4. The van der Waals surface area contributed by atoms with Gasteiger partial charge in [-0.05, 0) is 53.2 Å². The van der Waals surface area contributed by atoms with Crippen molar-refractivity contribution in [2.75, 3.05) is 7.11 Å². The van der Waals surface area contributed by atoms with Gasteiger partial charge >= 0.3 is 0 Å². The zero-order valence-electron chi connectivity index (χ0n) is 9.22. The molecule has 0 aliphatic heterocycles. The van der Waals surface area contributed by atoms with Crippen LogP contribution in [0.15, 0.2) is 16.6 Å². The van der Waals surface area contributed by atoms with Crippen LogP contribution in [0.5, 0.6) is 5.75 Å². The molecular weight excluding hydrogens is 273 g/mol. The molecule has 0 heterocycles. The monoisotopic (exact) mass is 287 g/mol. The van der Waals surface area contributed by atoms with Crippen molar-refractivity contribution >= 4 is 15.9 Å². The van der Waals surface area contributed by atoms with Gasteiger partial charge in [0.1, 0.15) is 11.6 Å². The Bertz CT molecular complexity index is 404. The van der Waals surface area contributed by atoms with Gasteiger partial charge in [0.2, 0.25) is 0 Å². The van der Waals surface area contributed by atoms with Crippen LogP contribution in [0.2, 0.25) is 0 Å². The molecule has 16 heavy (non-hydrogen) atoms. The molecule has 1 fully saturated rings. The summed E-state index contributed by atoms with van der Waals surface area (Å²) in [5.41, 5.74) is 7.05. The van der Waals surface area contributed by atoms with Gasteiger partial charge in [-0.25, -0.2) is 4.39 Å². The van der Waals surface area contributed by atoms with Gasteiger partial charge in [0.05, 0.1) is 11.6 Å². The zero-order valence-corrected chi connectivity index (χ0v) is 10.8. The summed E-state index contributed by atoms with van der Waals surface area (Å²) in [6.45, 7) is 0. The summed E-state index contributed by atoms with van der Waals surface area (Å²) in [6, 6.07) is 3.22. The molecule has 1 aromatic rings. The highest BCUT2D eigenvalue weighted by Gasteiger charge is 2.37. The predicted molar refractivity (Wildman–Crippen MR) is 65.1 cm³/mol. The van der Waals surface area contributed by atoms with Crippen molar-refractivity contribution in [1.29, 1.82) is 0 Å². The van der Waals surface area contributed by atoms with Crippen molar-refractivity contribution in [2.24, 2.45) is 5.73 Å². The van der Waals surface area contributed by atoms with Crippen molar-refractivity contribution in [3.8, 4) is 5.75 Å². The lowest BCUT2D eigenvalue weighted by molar-refractivity contribution is 0.401. The molecule has 0 spiro atoms. The second kappa shape index (κ2) is 4.34. The number of hydrogen-bond donors (Lipinski definition) is 1. The van der Waals surface area contributed by atoms with Gasteiger partial charge in [0.15, 0.2) is 0 Å². The molecule has 4 heteroatoms. The van der Waals surface area contributed by atoms with Crippen LogP contribution in [-0.2, 0) is 6.42 Å². The number of methoxy groups -OCH3 is 1. The lowest BCUT2D eigenvalue weighted by Crippen LogP contribution is -2.22. The summed E-state index contributed by atoms with van der Waals surface area (Å²) in [7, 11) is 1.55. The number of hydrogen-bond acceptors (Lipinski definition) is 2. The third-order valence-electron chi connectivity index (χ3n) is 3.12. The van der Waals surface area contributed by atoms with E-state index >= 15 is 0 Å². The van der Waals surface area contributed by atoms with Crippen LogP contribution in [-0.4, -0.2) is 12.6 Å². The third-order valence-corrected chi connectivity index (χ3v) is 3.86. The highest BCUT2D eigenvalue weighted by molar-refractivity contribution is 9.10. The van der Waals surface area contributed by atoms with E-state index in [0.29, 0.717) is 10.2 Å². The highest BCUT2D eigenvalue weighted by atomic mass is 79.9. The minimum Gasteiger partial charge on any atom is -0.495 e. The Morgan fingerprint density at radius 2 is 2.19 bits per heavy atom. The van der Waals surface area contributed by atoms with Gasteiger partial charge in [-0.3, -0.25) is 0 Å². The Balaban J connectivity index is 2.16. The maximum absolute atomic E-state index is 13.3. The molecular formula is C12H15BrFNO. The van der Waals surface area contributed by atoms with Gasteiger partial charge in [0.25, 0.3) is 0 Å². The molecule has 0 radical (unpaired) electrons. The average molecular weight is 288 g/mol. The van der Waals surface area contributed by atoms with Crippen LogP contribution in [0.1, 0.15) is 24.8 Å². The van der Waals surface area contributed by atoms with E-state index in [1.807, 2.05) is 0 Å². The summed E-state index contributed by atoms with van der Waals surface area (Å²) < 4.78 is 18.9. The van der Waals surface area contributed by atoms with Crippen LogP contribution in [0.25, 0.3) is 0 Å². The van der Waals surface area contributed by atoms with Crippen molar-refractivity contribution in [3.05, 3.63) is 28.0 Å². The second-order valence-corrected chi connectivity index (χ2v) is 5.21. The van der Waals surface area contributed by atoms with Crippen LogP contribution < -0.4 is 10.5 Å². The molecule has 0 unspecified atom stereocenters. The smallest absolute Gasteiger partial charge is 0.141 e. The first-order valence-electron chi connectivity index (χ1n) is 5.35. The van der Waals surface area contributed by atoms with Gasteiger partial charge in [0, 0.05) is 5.54 Å². The zero-order chi connectivity index (χ0) is 11.8. The molecule has 2 N–H and O–H groups in total. The molecule has 1 saturated carbocycles. The second-order valence-electron chi connectivity index (χ2n) is 4.42. The van der Waals surface area contributed by atoms with Crippen molar-refractivity contribution < 1.29 is 9.13 Å². The number of benzene rings is 1. The van der Waals surface area contributed by atoms with Crippen LogP contribution in [0.3, 0.4) is 0 Å². The van der Waals surface area contributed by atoms with E-state index in [2.05, 4.69) is 15.9 Å². The van der Waals surface area contributed by atoms with Crippen LogP contribution >= 0.6 is 15.9 Å². The minimum atomic E-state index is -0.297. The van der Waals surface area contributed by atoms with E-state index in [0.717, 1.165) is 31.2 Å². The minimum absolute atomic E-state index is 0.0197. The maximum atomic E-state index is 13.3. The molecule has 0 saturated heterocycles. The molecule has 0 amide bonds. The van der Waals surface area contributed by atoms with E-state index < -0.39 is 0 Å². The standard InChI is InChI=1S/C12H15BrFNO/c1-16-11-8(2-3-9(14)10(11)13)4-5-12(15)6-7-12/h2-3H,4-7,15H2,1H3. The highest BCUT2D eigenvalue weighted by Crippen LogP contribution is 2.39. The predicted octanol–water partition coefficient (Wildman–Crippen LogP) is 3.02. The van der Waals surface area contributed by atoms with Crippen molar-refractivity contribution in [2.45, 2.75) is 31.2 Å². The summed E-state index contributed by atoms with van der Waals surface area (Å²) >= 11 is 3.20. The van der Waals surface area contributed by atoms with E-state index in [1.165, 1.54) is 6.07 Å². The largest absolute Gasteiger partial charge is 0.495 e. The number of ether oxygens (including phenoxy) is 1. The van der Waals surface area contributed by atoms with E-state index in [-0.39, 0.29) is 11.4 Å². The van der Waals surface area contributed by atoms with Crippen molar-refractivity contribution in [1.82, 2.24) is 0 Å². The Morgan fingerprint density at radius 1 is 1.50 bits per heavy atom. The Morgan fingerprint density at radius 3 is 2.75 bits per heavy atom. The SMILES string of the molecule is COc1c(CCC2(N)CC2)ccc(F)c1Br. The molecule has 0 aromatic heterocycles. The van der Waals surface area contributed by atoms with E-state index in [1.54, 1.807) is 13.2 Å². The quantitative estimate of drug-likeness (QED) is 0.924. The molecule has 1 aliphatic carbocycles. The molecule has 1 aromatic carbocycles. The lowest BCUT2D eigenvalue weighted by atomic mass is 10.0. The van der Waals surface area contributed by atoms with Crippen LogP contribution in [0, 0.1) is 5.82 Å². The first kappa shape index (κ1) is 11.9. The van der Waals surface area contributed by atoms with E-state index in [4.69, 9.17) is 10.5 Å². The molecule has 88 valence electrons. The lowest BCUT2D eigenvalue weighted by Gasteiger charge is -2.13. The van der Waals surface area contributed by atoms with Gasteiger partial charge < -0.3 is 10.5 Å². The topological polar surface area (TPSA) is 35.2 Å². The Kier molecular flexibility index (Phi) is 3.22. The number of aryl methyl sites for hydroxylation is 1. The maximum Gasteiger partial charge on any atom is 0.141 e. The molecule has 2 rings (SSSR count). The Labute approximate surface area is 103 Å². The van der Waals surface area contributed by atoms with Gasteiger partial charge in [-0.15, -0.1) is 0 Å². The summed E-state index contributed by atoms with van der Waals surface area (Å²) in [5, 5.41) is 0. The summed E-state index contributed by atoms with van der Waals surface area (Å²) in [6.07, 6.45) is 3.95. The fraction of sp³-hybridized carbons (Fsp3) is 0.500. The molecule has 0 atom stereocenters. The van der Waals surface area contributed by atoms with E-state index in [9.17, 15) is 4.39 Å². The first-order chi connectivity index (χ1) is 7.56. The van der Waals surface area contributed by atoms with Crippen LogP contribution in [0.4, 0.5) is 4.39 Å². The third kappa shape index (κ3) is 2.38. The molecule has 0 bridgehead atoms. The fourth-order valence-electron chi connectivity index (χ4n) is 1.78. The van der Waals surface area contributed by atoms with Gasteiger partial charge in [-0.1, -0.05) is 6.07 Å². The average Bonchev–Trinajstić information content (AvgIpc) is 2.99. The fourth-order valence-corrected chi connectivity index (χ4v) is 2.33. The number of nitrogens with two attached hydrogens (primary N) is 1. The normalized spacial score (nSPS) is 17.2. The Hall–Kier alpha value is -0.610. The first-order valence-corrected chi connectivity index (χ1v) is 6.15. The molecule has 2 nitrogen and oxygen atoms in total. The number of halogens is 2. The van der Waals surface area contributed by atoms with Gasteiger partial charge in [-0.2, -0.15) is 0 Å².